The van der Waals surface area contributed by atoms with Crippen LogP contribution in [0.1, 0.15) is 12.8 Å². The molecular formula is C14H17ClFN3O. The zero-order valence-corrected chi connectivity index (χ0v) is 11.8. The smallest absolute Gasteiger partial charge is 0.177 e. The van der Waals surface area contributed by atoms with Gasteiger partial charge in [0, 0.05) is 18.7 Å². The van der Waals surface area contributed by atoms with Crippen LogP contribution in [0, 0.1) is 11.7 Å². The molecule has 5 rings (SSSR count). The molecule has 0 aliphatic carbocycles. The number of piperidine rings is 3. The van der Waals surface area contributed by atoms with E-state index in [9.17, 15) is 4.39 Å². The Kier molecular flexibility index (Phi) is 3.56. The highest BCUT2D eigenvalue weighted by Crippen LogP contribution is 2.31. The second kappa shape index (κ2) is 5.22. The minimum atomic E-state index is -0.293. The van der Waals surface area contributed by atoms with Crippen molar-refractivity contribution in [2.24, 2.45) is 5.92 Å². The number of aromatic nitrogens is 1. The van der Waals surface area contributed by atoms with Crippen LogP contribution in [0.15, 0.2) is 22.7 Å². The van der Waals surface area contributed by atoms with E-state index in [1.165, 1.54) is 38.1 Å². The lowest BCUT2D eigenvalue weighted by atomic mass is 9.84. The molecule has 0 spiro atoms. The third kappa shape index (κ3) is 2.25. The lowest BCUT2D eigenvalue weighted by molar-refractivity contribution is 0.0973. The highest BCUT2D eigenvalue weighted by atomic mass is 35.5. The Morgan fingerprint density at radius 3 is 2.80 bits per heavy atom. The summed E-state index contributed by atoms with van der Waals surface area (Å²) in [4.78, 5) is 2.49. The molecule has 2 aromatic rings. The Morgan fingerprint density at radius 2 is 2.10 bits per heavy atom. The Bertz CT molecular complexity index is 609. The average Bonchev–Trinajstić information content (AvgIpc) is 2.82. The van der Waals surface area contributed by atoms with Crippen LogP contribution in [-0.2, 0) is 0 Å². The van der Waals surface area contributed by atoms with Crippen LogP contribution in [0.5, 0.6) is 0 Å². The minimum absolute atomic E-state index is 0. The molecule has 6 heteroatoms. The largest absolute Gasteiger partial charge is 0.362 e. The molecule has 108 valence electrons. The molecule has 1 N–H and O–H groups in total. The molecule has 3 aliphatic heterocycles. The molecule has 4 nitrogen and oxygen atoms in total. The molecule has 3 aliphatic rings. The minimum Gasteiger partial charge on any atom is -0.362 e. The highest BCUT2D eigenvalue weighted by Gasteiger charge is 2.34. The summed E-state index contributed by atoms with van der Waals surface area (Å²) in [5.41, 5.74) is 0.503. The zero-order chi connectivity index (χ0) is 12.8. The predicted octanol–water partition coefficient (Wildman–Crippen LogP) is 2.89. The highest BCUT2D eigenvalue weighted by molar-refractivity contribution is 5.88. The number of benzene rings is 1. The third-order valence-electron chi connectivity index (χ3n) is 4.41. The van der Waals surface area contributed by atoms with Gasteiger partial charge in [-0.25, -0.2) is 4.39 Å². The van der Waals surface area contributed by atoms with E-state index in [0.717, 1.165) is 23.7 Å². The maximum atomic E-state index is 13.1. The van der Waals surface area contributed by atoms with Gasteiger partial charge in [-0.2, -0.15) is 0 Å². The average molecular weight is 298 g/mol. The molecule has 1 aromatic carbocycles. The molecule has 1 atom stereocenters. The van der Waals surface area contributed by atoms with Gasteiger partial charge in [-0.3, -0.25) is 0 Å². The first-order valence-corrected chi connectivity index (χ1v) is 6.83. The summed E-state index contributed by atoms with van der Waals surface area (Å²) in [7, 11) is 0. The fraction of sp³-hybridized carbons (Fsp3) is 0.500. The van der Waals surface area contributed by atoms with Gasteiger partial charge in [-0.05, 0) is 44.0 Å². The van der Waals surface area contributed by atoms with Crippen LogP contribution < -0.4 is 5.32 Å². The SMILES string of the molecule is Cl.Fc1ccc2c(NC3CN4CCC3CC4)noc2c1. The van der Waals surface area contributed by atoms with Crippen molar-refractivity contribution >= 4 is 29.2 Å². The van der Waals surface area contributed by atoms with Gasteiger partial charge in [0.25, 0.3) is 0 Å². The van der Waals surface area contributed by atoms with E-state index in [2.05, 4.69) is 15.4 Å². The summed E-state index contributed by atoms with van der Waals surface area (Å²) < 4.78 is 18.3. The van der Waals surface area contributed by atoms with E-state index in [1.807, 2.05) is 0 Å². The van der Waals surface area contributed by atoms with Gasteiger partial charge in [-0.1, -0.05) is 5.16 Å². The van der Waals surface area contributed by atoms with Crippen molar-refractivity contribution in [3.63, 3.8) is 0 Å². The van der Waals surface area contributed by atoms with Crippen LogP contribution in [0.25, 0.3) is 11.0 Å². The second-order valence-electron chi connectivity index (χ2n) is 5.56. The van der Waals surface area contributed by atoms with Gasteiger partial charge in [0.05, 0.1) is 5.39 Å². The van der Waals surface area contributed by atoms with Gasteiger partial charge < -0.3 is 14.7 Å². The number of nitrogens with zero attached hydrogens (tertiary/aromatic N) is 2. The van der Waals surface area contributed by atoms with E-state index < -0.39 is 0 Å². The summed E-state index contributed by atoms with van der Waals surface area (Å²) >= 11 is 0. The summed E-state index contributed by atoms with van der Waals surface area (Å²) in [6.45, 7) is 3.50. The monoisotopic (exact) mass is 297 g/mol. The normalized spacial score (nSPS) is 28.4. The summed E-state index contributed by atoms with van der Waals surface area (Å²) in [6, 6.07) is 4.98. The number of fused-ring (bicyclic) bond motifs is 4. The van der Waals surface area contributed by atoms with E-state index in [4.69, 9.17) is 4.52 Å². The molecule has 0 saturated carbocycles. The van der Waals surface area contributed by atoms with Gasteiger partial charge in [0.15, 0.2) is 11.4 Å². The van der Waals surface area contributed by atoms with E-state index in [0.29, 0.717) is 11.6 Å². The molecule has 0 amide bonds. The van der Waals surface area contributed by atoms with Crippen molar-refractivity contribution in [2.75, 3.05) is 25.0 Å². The van der Waals surface area contributed by atoms with E-state index in [-0.39, 0.29) is 18.2 Å². The van der Waals surface area contributed by atoms with Crippen molar-refractivity contribution in [1.29, 1.82) is 0 Å². The van der Waals surface area contributed by atoms with Gasteiger partial charge in [-0.15, -0.1) is 12.4 Å². The predicted molar refractivity (Wildman–Crippen MR) is 77.8 cm³/mol. The number of hydrogen-bond acceptors (Lipinski definition) is 4. The first kappa shape index (κ1) is 13.6. The van der Waals surface area contributed by atoms with Crippen molar-refractivity contribution in [2.45, 2.75) is 18.9 Å². The molecule has 1 aromatic heterocycles. The molecule has 3 saturated heterocycles. The van der Waals surface area contributed by atoms with Gasteiger partial charge in [0.1, 0.15) is 5.82 Å². The maximum Gasteiger partial charge on any atom is 0.177 e. The lowest BCUT2D eigenvalue weighted by Gasteiger charge is -2.44. The molecular weight excluding hydrogens is 281 g/mol. The van der Waals surface area contributed by atoms with Crippen molar-refractivity contribution in [1.82, 2.24) is 10.1 Å². The fourth-order valence-electron chi connectivity index (χ4n) is 3.32. The van der Waals surface area contributed by atoms with E-state index in [1.54, 1.807) is 6.07 Å². The standard InChI is InChI=1S/C14H16FN3O.ClH/c15-10-1-2-11-13(7-10)19-17-14(11)16-12-8-18-5-3-9(12)4-6-18;/h1-2,7,9,12H,3-6,8H2,(H,16,17);1H. The van der Waals surface area contributed by atoms with Crippen molar-refractivity contribution in [3.05, 3.63) is 24.0 Å². The summed E-state index contributed by atoms with van der Waals surface area (Å²) in [5, 5.41) is 8.39. The quantitative estimate of drug-likeness (QED) is 0.925. The first-order chi connectivity index (χ1) is 9.29. The van der Waals surface area contributed by atoms with Crippen LogP contribution in [-0.4, -0.2) is 35.7 Å². The molecule has 3 fully saturated rings. The van der Waals surface area contributed by atoms with Gasteiger partial charge >= 0.3 is 0 Å². The Morgan fingerprint density at radius 1 is 1.30 bits per heavy atom. The molecule has 20 heavy (non-hydrogen) atoms. The summed E-state index contributed by atoms with van der Waals surface area (Å²) in [5.74, 6) is 1.17. The Balaban J connectivity index is 0.00000121. The maximum absolute atomic E-state index is 13.1. The fourth-order valence-corrected chi connectivity index (χ4v) is 3.32. The summed E-state index contributed by atoms with van der Waals surface area (Å²) in [6.07, 6.45) is 2.50. The van der Waals surface area contributed by atoms with E-state index >= 15 is 0 Å². The zero-order valence-electron chi connectivity index (χ0n) is 11.0. The molecule has 2 bridgehead atoms. The third-order valence-corrected chi connectivity index (χ3v) is 4.41. The number of rotatable bonds is 2. The van der Waals surface area contributed by atoms with Crippen LogP contribution >= 0.6 is 12.4 Å². The van der Waals surface area contributed by atoms with Gasteiger partial charge in [0.2, 0.25) is 0 Å². The molecule has 0 radical (unpaired) electrons. The number of hydrogen-bond donors (Lipinski definition) is 1. The first-order valence-electron chi connectivity index (χ1n) is 6.83. The second-order valence-corrected chi connectivity index (χ2v) is 5.56. The molecule has 1 unspecified atom stereocenters. The van der Waals surface area contributed by atoms with Crippen LogP contribution in [0.4, 0.5) is 10.2 Å². The topological polar surface area (TPSA) is 41.3 Å². The Hall–Kier alpha value is -1.33. The Labute approximate surface area is 122 Å². The van der Waals surface area contributed by atoms with Crippen LogP contribution in [0.2, 0.25) is 0 Å². The van der Waals surface area contributed by atoms with Crippen molar-refractivity contribution < 1.29 is 8.91 Å². The van der Waals surface area contributed by atoms with Crippen LogP contribution in [0.3, 0.4) is 0 Å². The number of anilines is 1. The van der Waals surface area contributed by atoms with Crippen molar-refractivity contribution in [3.8, 4) is 0 Å². The molecule has 4 heterocycles. The number of nitrogens with one attached hydrogen (secondary N) is 1. The lowest BCUT2D eigenvalue weighted by Crippen LogP contribution is -2.53. The number of halogens is 2.